The van der Waals surface area contributed by atoms with Gasteiger partial charge in [0.15, 0.2) is 0 Å². The van der Waals surface area contributed by atoms with E-state index >= 15 is 0 Å². The second-order valence-electron chi connectivity index (χ2n) is 3.71. The third-order valence-electron chi connectivity index (χ3n) is 2.33. The van der Waals surface area contributed by atoms with Gasteiger partial charge in [-0.2, -0.15) is 0 Å². The second-order valence-corrected chi connectivity index (χ2v) is 4.12. The maximum Gasteiger partial charge on any atom is 0.127 e. The number of hydrogen-bond donors (Lipinski definition) is 2. The van der Waals surface area contributed by atoms with Crippen LogP contribution in [-0.4, -0.2) is 11.5 Å². The predicted octanol–water partition coefficient (Wildman–Crippen LogP) is 4.05. The van der Waals surface area contributed by atoms with E-state index in [0.717, 1.165) is 18.1 Å². The van der Waals surface area contributed by atoms with Crippen molar-refractivity contribution in [1.82, 2.24) is 4.98 Å². The third-order valence-corrected chi connectivity index (χ3v) is 2.65. The van der Waals surface area contributed by atoms with E-state index in [0.29, 0.717) is 10.7 Å². The summed E-state index contributed by atoms with van der Waals surface area (Å²) >= 11 is 5.99. The fourth-order valence-corrected chi connectivity index (χ4v) is 1.70. The van der Waals surface area contributed by atoms with Gasteiger partial charge in [-0.05, 0) is 31.2 Å². The fourth-order valence-electron chi connectivity index (χ4n) is 1.53. The summed E-state index contributed by atoms with van der Waals surface area (Å²) in [5.74, 6) is 0.429. The molecule has 3 nitrogen and oxygen atoms in total. The molecule has 5 heteroatoms. The lowest BCUT2D eigenvalue weighted by atomic mass is 10.3. The number of anilines is 3. The summed E-state index contributed by atoms with van der Waals surface area (Å²) in [6.07, 6.45) is 1.67. The fraction of sp³-hybridized carbons (Fsp3) is 0.154. The molecule has 2 aromatic rings. The Morgan fingerprint density at radius 3 is 2.89 bits per heavy atom. The Morgan fingerprint density at radius 1 is 1.28 bits per heavy atom. The van der Waals surface area contributed by atoms with Gasteiger partial charge in [-0.1, -0.05) is 11.6 Å². The molecular weight excluding hydrogens is 253 g/mol. The van der Waals surface area contributed by atoms with E-state index in [9.17, 15) is 4.39 Å². The molecule has 1 aromatic heterocycles. The highest BCUT2D eigenvalue weighted by molar-refractivity contribution is 6.33. The molecule has 94 valence electrons. The third kappa shape index (κ3) is 3.11. The van der Waals surface area contributed by atoms with Crippen molar-refractivity contribution in [1.29, 1.82) is 0 Å². The summed E-state index contributed by atoms with van der Waals surface area (Å²) in [4.78, 5) is 4.15. The number of rotatable bonds is 4. The van der Waals surface area contributed by atoms with Crippen LogP contribution in [0.1, 0.15) is 6.92 Å². The van der Waals surface area contributed by atoms with Crippen molar-refractivity contribution in [3.63, 3.8) is 0 Å². The molecular formula is C13H13ClFN3. The van der Waals surface area contributed by atoms with Crippen LogP contribution in [0.5, 0.6) is 0 Å². The number of hydrogen-bond acceptors (Lipinski definition) is 3. The number of pyridine rings is 1. The molecule has 0 bridgehead atoms. The molecule has 0 radical (unpaired) electrons. The maximum atomic E-state index is 13.1. The van der Waals surface area contributed by atoms with Crippen LogP contribution < -0.4 is 10.6 Å². The Balaban J connectivity index is 2.22. The largest absolute Gasteiger partial charge is 0.370 e. The van der Waals surface area contributed by atoms with E-state index in [1.54, 1.807) is 12.3 Å². The molecule has 0 saturated heterocycles. The number of nitrogens with zero attached hydrogens (tertiary/aromatic N) is 1. The molecule has 0 aliphatic rings. The zero-order chi connectivity index (χ0) is 13.0. The van der Waals surface area contributed by atoms with Gasteiger partial charge < -0.3 is 10.6 Å². The lowest BCUT2D eigenvalue weighted by Crippen LogP contribution is -2.00. The zero-order valence-corrected chi connectivity index (χ0v) is 10.6. The minimum atomic E-state index is -0.331. The molecule has 0 saturated carbocycles. The van der Waals surface area contributed by atoms with Gasteiger partial charge in [-0.3, -0.25) is 0 Å². The van der Waals surface area contributed by atoms with Crippen LogP contribution in [0.2, 0.25) is 5.02 Å². The lowest BCUT2D eigenvalue weighted by molar-refractivity contribution is 0.628. The van der Waals surface area contributed by atoms with Crippen molar-refractivity contribution in [3.8, 4) is 0 Å². The van der Waals surface area contributed by atoms with E-state index in [1.165, 1.54) is 18.2 Å². The van der Waals surface area contributed by atoms with E-state index < -0.39 is 0 Å². The molecule has 0 fully saturated rings. The Bertz CT molecular complexity index is 546. The van der Waals surface area contributed by atoms with Crippen molar-refractivity contribution >= 4 is 28.8 Å². The van der Waals surface area contributed by atoms with Crippen molar-refractivity contribution in [2.24, 2.45) is 0 Å². The number of nitrogens with one attached hydrogen (secondary N) is 2. The van der Waals surface area contributed by atoms with Crippen LogP contribution in [-0.2, 0) is 0 Å². The van der Waals surface area contributed by atoms with Crippen LogP contribution in [0, 0.1) is 5.82 Å². The minimum Gasteiger partial charge on any atom is -0.370 e. The smallest absolute Gasteiger partial charge is 0.127 e. The van der Waals surface area contributed by atoms with Crippen LogP contribution >= 0.6 is 11.6 Å². The van der Waals surface area contributed by atoms with E-state index in [4.69, 9.17) is 11.6 Å². The van der Waals surface area contributed by atoms with Gasteiger partial charge in [-0.15, -0.1) is 0 Å². The Kier molecular flexibility index (Phi) is 3.99. The zero-order valence-electron chi connectivity index (χ0n) is 9.87. The molecule has 0 unspecified atom stereocenters. The van der Waals surface area contributed by atoms with Gasteiger partial charge in [-0.25, -0.2) is 9.37 Å². The van der Waals surface area contributed by atoms with E-state index in [1.807, 2.05) is 13.0 Å². The first-order valence-corrected chi connectivity index (χ1v) is 5.99. The predicted molar refractivity (Wildman–Crippen MR) is 73.1 cm³/mol. The van der Waals surface area contributed by atoms with Crippen molar-refractivity contribution in [2.45, 2.75) is 6.92 Å². The molecule has 2 N–H and O–H groups in total. The van der Waals surface area contributed by atoms with Crippen LogP contribution in [0.15, 0.2) is 36.5 Å². The summed E-state index contributed by atoms with van der Waals surface area (Å²) in [5.41, 5.74) is 1.33. The van der Waals surface area contributed by atoms with Crippen molar-refractivity contribution < 1.29 is 4.39 Å². The van der Waals surface area contributed by atoms with Gasteiger partial charge in [0.25, 0.3) is 0 Å². The highest BCUT2D eigenvalue weighted by Crippen LogP contribution is 2.26. The first kappa shape index (κ1) is 12.6. The van der Waals surface area contributed by atoms with E-state index in [2.05, 4.69) is 15.6 Å². The van der Waals surface area contributed by atoms with Crippen LogP contribution in [0.3, 0.4) is 0 Å². The molecule has 18 heavy (non-hydrogen) atoms. The molecule has 0 amide bonds. The number of aromatic nitrogens is 1. The van der Waals surface area contributed by atoms with Gasteiger partial charge in [0.05, 0.1) is 10.7 Å². The average Bonchev–Trinajstić information content (AvgIpc) is 2.35. The number of benzene rings is 1. The topological polar surface area (TPSA) is 37.0 Å². The molecule has 0 atom stereocenters. The summed E-state index contributed by atoms with van der Waals surface area (Å²) in [7, 11) is 0. The summed E-state index contributed by atoms with van der Waals surface area (Å²) in [6.45, 7) is 2.78. The van der Waals surface area contributed by atoms with Crippen LogP contribution in [0.4, 0.5) is 21.6 Å². The normalized spacial score (nSPS) is 10.2. The first-order chi connectivity index (χ1) is 8.69. The molecule has 2 rings (SSSR count). The van der Waals surface area contributed by atoms with Crippen LogP contribution in [0.25, 0.3) is 0 Å². The molecule has 1 aromatic carbocycles. The maximum absolute atomic E-state index is 13.1. The van der Waals surface area contributed by atoms with E-state index in [-0.39, 0.29) is 5.82 Å². The Hall–Kier alpha value is -1.81. The highest BCUT2D eigenvalue weighted by Gasteiger charge is 2.03. The van der Waals surface area contributed by atoms with Gasteiger partial charge in [0.1, 0.15) is 11.6 Å². The summed E-state index contributed by atoms with van der Waals surface area (Å²) in [5, 5.41) is 6.63. The van der Waals surface area contributed by atoms with Gasteiger partial charge in [0.2, 0.25) is 0 Å². The second kappa shape index (κ2) is 5.69. The van der Waals surface area contributed by atoms with Gasteiger partial charge >= 0.3 is 0 Å². The minimum absolute atomic E-state index is 0.331. The van der Waals surface area contributed by atoms with Gasteiger partial charge in [0, 0.05) is 24.5 Å². The molecule has 0 spiro atoms. The summed E-state index contributed by atoms with van der Waals surface area (Å²) in [6, 6.07) is 7.83. The number of halogens is 2. The molecule has 0 aliphatic carbocycles. The van der Waals surface area contributed by atoms with Crippen molar-refractivity contribution in [2.75, 3.05) is 17.2 Å². The molecule has 0 aliphatic heterocycles. The Morgan fingerprint density at radius 2 is 2.11 bits per heavy atom. The first-order valence-electron chi connectivity index (χ1n) is 5.61. The highest BCUT2D eigenvalue weighted by atomic mass is 35.5. The monoisotopic (exact) mass is 265 g/mol. The SMILES string of the molecule is CCNc1cc(Nc2cc(F)ccc2Cl)ccn1. The average molecular weight is 266 g/mol. The molecule has 1 heterocycles. The lowest BCUT2D eigenvalue weighted by Gasteiger charge is -2.10. The summed E-state index contributed by atoms with van der Waals surface area (Å²) < 4.78 is 13.1. The quantitative estimate of drug-likeness (QED) is 0.876. The van der Waals surface area contributed by atoms with Crippen molar-refractivity contribution in [3.05, 3.63) is 47.4 Å². The Labute approximate surface area is 110 Å². The standard InChI is InChI=1S/C13H13ClFN3/c1-2-16-13-8-10(5-6-17-13)18-12-7-9(15)3-4-11(12)14/h3-8H,2H2,1H3,(H2,16,17,18).